The first-order chi connectivity index (χ1) is 11.3. The molecule has 2 N–H and O–H groups in total. The monoisotopic (exact) mass is 387 g/mol. The predicted octanol–water partition coefficient (Wildman–Crippen LogP) is 3.00. The molecule has 2 aliphatic rings. The minimum absolute atomic E-state index is 0. The second-order valence-corrected chi connectivity index (χ2v) is 6.89. The highest BCUT2D eigenvalue weighted by Gasteiger charge is 2.25. The van der Waals surface area contributed by atoms with Crippen LogP contribution in [0.25, 0.3) is 0 Å². The van der Waals surface area contributed by atoms with E-state index in [4.69, 9.17) is 0 Å². The zero-order valence-corrected chi connectivity index (χ0v) is 16.4. The molecule has 2 aliphatic heterocycles. The summed E-state index contributed by atoms with van der Waals surface area (Å²) < 4.78 is 0. The van der Waals surface area contributed by atoms with E-state index in [9.17, 15) is 4.79 Å². The van der Waals surface area contributed by atoms with Crippen LogP contribution < -0.4 is 10.6 Å². The predicted molar refractivity (Wildman–Crippen MR) is 108 cm³/mol. The Bertz CT molecular complexity index is 495. The van der Waals surface area contributed by atoms with Crippen molar-refractivity contribution in [1.82, 2.24) is 15.5 Å². The summed E-state index contributed by atoms with van der Waals surface area (Å²) in [6.07, 6.45) is 5.87. The molecular formula is C19H31Cl2N3O. The molecule has 3 rings (SSSR count). The fraction of sp³-hybridized carbons (Fsp3) is 0.632. The Morgan fingerprint density at radius 1 is 1.12 bits per heavy atom. The second-order valence-electron chi connectivity index (χ2n) is 6.89. The van der Waals surface area contributed by atoms with Crippen molar-refractivity contribution >= 4 is 30.7 Å². The van der Waals surface area contributed by atoms with Gasteiger partial charge in [-0.2, -0.15) is 0 Å². The summed E-state index contributed by atoms with van der Waals surface area (Å²) in [6.45, 7) is 4.82. The van der Waals surface area contributed by atoms with Crippen molar-refractivity contribution in [3.05, 3.63) is 35.9 Å². The summed E-state index contributed by atoms with van der Waals surface area (Å²) in [5.41, 5.74) is 1.36. The van der Waals surface area contributed by atoms with E-state index >= 15 is 0 Å². The highest BCUT2D eigenvalue weighted by atomic mass is 35.5. The Hall–Kier alpha value is -0.810. The molecule has 0 aromatic heterocycles. The summed E-state index contributed by atoms with van der Waals surface area (Å²) in [4.78, 5) is 14.9. The molecule has 2 fully saturated rings. The normalized spacial score (nSPS) is 23.8. The lowest BCUT2D eigenvalue weighted by Crippen LogP contribution is -2.48. The van der Waals surface area contributed by atoms with Gasteiger partial charge in [-0.15, -0.1) is 24.8 Å². The Balaban J connectivity index is 0.00000156. The quantitative estimate of drug-likeness (QED) is 0.815. The number of nitrogens with zero attached hydrogens (tertiary/aromatic N) is 1. The van der Waals surface area contributed by atoms with Crippen LogP contribution in [0.2, 0.25) is 0 Å². The third-order valence-corrected chi connectivity index (χ3v) is 5.16. The summed E-state index contributed by atoms with van der Waals surface area (Å²) in [6, 6.07) is 11.1. The number of amides is 1. The maximum absolute atomic E-state index is 12.3. The number of hydrogen-bond acceptors (Lipinski definition) is 3. The third kappa shape index (κ3) is 6.78. The molecule has 25 heavy (non-hydrogen) atoms. The van der Waals surface area contributed by atoms with Crippen molar-refractivity contribution in [3.63, 3.8) is 0 Å². The van der Waals surface area contributed by atoms with Gasteiger partial charge in [-0.3, -0.25) is 9.69 Å². The molecule has 1 aromatic rings. The average Bonchev–Trinajstić information content (AvgIpc) is 2.62. The minimum atomic E-state index is 0. The zero-order chi connectivity index (χ0) is 15.9. The molecule has 2 unspecified atom stereocenters. The lowest BCUT2D eigenvalue weighted by atomic mass is 9.97. The first kappa shape index (κ1) is 22.2. The molecule has 6 heteroatoms. The van der Waals surface area contributed by atoms with Crippen LogP contribution in [0.1, 0.15) is 37.7 Å². The fourth-order valence-corrected chi connectivity index (χ4v) is 3.76. The van der Waals surface area contributed by atoms with Crippen LogP contribution in [-0.2, 0) is 11.3 Å². The summed E-state index contributed by atoms with van der Waals surface area (Å²) in [5.74, 6) is 0.400. The highest BCUT2D eigenvalue weighted by molar-refractivity contribution is 5.85. The standard InChI is InChI=1S/C19H29N3O.2ClH/c23-19(17-9-6-11-20-13-17)21-14-18-10-4-5-12-22(18)15-16-7-2-1-3-8-16;;/h1-3,7-8,17-18,20H,4-6,9-15H2,(H,21,23);2*1H. The first-order valence-corrected chi connectivity index (χ1v) is 9.09. The number of carbonyl (C=O) groups excluding carboxylic acids is 1. The molecular weight excluding hydrogens is 357 g/mol. The molecule has 0 saturated carbocycles. The average molecular weight is 388 g/mol. The second kappa shape index (κ2) is 11.7. The van der Waals surface area contributed by atoms with Crippen molar-refractivity contribution < 1.29 is 4.79 Å². The van der Waals surface area contributed by atoms with E-state index in [0.29, 0.717) is 6.04 Å². The molecule has 142 valence electrons. The zero-order valence-electron chi connectivity index (χ0n) is 14.8. The Morgan fingerprint density at radius 3 is 2.64 bits per heavy atom. The SMILES string of the molecule is Cl.Cl.O=C(NCC1CCCCN1Cc1ccccc1)C1CCCNC1. The van der Waals surface area contributed by atoms with Crippen molar-refractivity contribution in [3.8, 4) is 0 Å². The van der Waals surface area contributed by atoms with Gasteiger partial charge in [0.25, 0.3) is 0 Å². The van der Waals surface area contributed by atoms with Gasteiger partial charge in [0, 0.05) is 25.7 Å². The third-order valence-electron chi connectivity index (χ3n) is 5.16. The molecule has 2 atom stereocenters. The molecule has 1 aromatic carbocycles. The maximum atomic E-state index is 12.3. The number of halogens is 2. The van der Waals surface area contributed by atoms with Gasteiger partial charge in [-0.1, -0.05) is 36.8 Å². The molecule has 0 radical (unpaired) electrons. The molecule has 2 heterocycles. The number of piperidine rings is 2. The smallest absolute Gasteiger partial charge is 0.224 e. The van der Waals surface area contributed by atoms with Crippen LogP contribution in [-0.4, -0.2) is 43.0 Å². The number of likely N-dealkylation sites (tertiary alicyclic amines) is 1. The molecule has 1 amide bonds. The number of nitrogens with one attached hydrogen (secondary N) is 2. The Labute approximate surface area is 163 Å². The van der Waals surface area contributed by atoms with E-state index in [0.717, 1.165) is 45.6 Å². The summed E-state index contributed by atoms with van der Waals surface area (Å²) >= 11 is 0. The molecule has 0 aliphatic carbocycles. The van der Waals surface area contributed by atoms with Gasteiger partial charge >= 0.3 is 0 Å². The van der Waals surface area contributed by atoms with E-state index in [-0.39, 0.29) is 36.6 Å². The van der Waals surface area contributed by atoms with E-state index < -0.39 is 0 Å². The van der Waals surface area contributed by atoms with Crippen molar-refractivity contribution in [2.75, 3.05) is 26.2 Å². The van der Waals surface area contributed by atoms with E-state index in [1.54, 1.807) is 0 Å². The summed E-state index contributed by atoms with van der Waals surface area (Å²) in [5, 5.41) is 6.54. The molecule has 0 spiro atoms. The number of hydrogen-bond donors (Lipinski definition) is 2. The van der Waals surface area contributed by atoms with Crippen molar-refractivity contribution in [1.29, 1.82) is 0 Å². The van der Waals surface area contributed by atoms with E-state index in [2.05, 4.69) is 45.9 Å². The van der Waals surface area contributed by atoms with Crippen LogP contribution in [0, 0.1) is 5.92 Å². The number of rotatable bonds is 5. The molecule has 0 bridgehead atoms. The first-order valence-electron chi connectivity index (χ1n) is 9.09. The number of benzene rings is 1. The van der Waals surface area contributed by atoms with Gasteiger partial charge in [0.1, 0.15) is 0 Å². The van der Waals surface area contributed by atoms with Crippen LogP contribution in [0.4, 0.5) is 0 Å². The van der Waals surface area contributed by atoms with Crippen LogP contribution in [0.15, 0.2) is 30.3 Å². The Morgan fingerprint density at radius 2 is 1.92 bits per heavy atom. The van der Waals surface area contributed by atoms with Gasteiger partial charge in [-0.25, -0.2) is 0 Å². The largest absolute Gasteiger partial charge is 0.354 e. The lowest BCUT2D eigenvalue weighted by Gasteiger charge is -2.36. The lowest BCUT2D eigenvalue weighted by molar-refractivity contribution is -0.125. The van der Waals surface area contributed by atoms with Gasteiger partial charge in [0.05, 0.1) is 5.92 Å². The van der Waals surface area contributed by atoms with Gasteiger partial charge in [0.2, 0.25) is 5.91 Å². The van der Waals surface area contributed by atoms with Crippen LogP contribution in [0.5, 0.6) is 0 Å². The van der Waals surface area contributed by atoms with Crippen molar-refractivity contribution in [2.24, 2.45) is 5.92 Å². The van der Waals surface area contributed by atoms with Gasteiger partial charge < -0.3 is 10.6 Å². The Kier molecular flexibility index (Phi) is 10.4. The van der Waals surface area contributed by atoms with Gasteiger partial charge in [-0.05, 0) is 44.3 Å². The number of carbonyl (C=O) groups is 1. The molecule has 4 nitrogen and oxygen atoms in total. The van der Waals surface area contributed by atoms with E-state index in [1.165, 1.54) is 24.8 Å². The highest BCUT2D eigenvalue weighted by Crippen LogP contribution is 2.19. The minimum Gasteiger partial charge on any atom is -0.354 e. The van der Waals surface area contributed by atoms with Gasteiger partial charge in [0.15, 0.2) is 0 Å². The van der Waals surface area contributed by atoms with Crippen molar-refractivity contribution in [2.45, 2.75) is 44.7 Å². The maximum Gasteiger partial charge on any atom is 0.224 e. The molecule has 2 saturated heterocycles. The fourth-order valence-electron chi connectivity index (χ4n) is 3.76. The van der Waals surface area contributed by atoms with E-state index in [1.807, 2.05) is 0 Å². The topological polar surface area (TPSA) is 44.4 Å². The van der Waals surface area contributed by atoms with Crippen LogP contribution >= 0.6 is 24.8 Å². The summed E-state index contributed by atoms with van der Waals surface area (Å²) in [7, 11) is 0. The van der Waals surface area contributed by atoms with Crippen LogP contribution in [0.3, 0.4) is 0 Å².